The first-order valence-electron chi connectivity index (χ1n) is 15.8. The Labute approximate surface area is 248 Å². The van der Waals surface area contributed by atoms with E-state index in [1.165, 1.54) is 68.2 Å². The molecular weight excluding hydrogens is 508 g/mol. The molecule has 0 saturated heterocycles. The summed E-state index contributed by atoms with van der Waals surface area (Å²) in [6.45, 7) is 8.36. The number of hydrogen-bond donors (Lipinski definition) is 0. The molecule has 2 aromatic carbocycles. The minimum atomic E-state index is 0.476. The summed E-state index contributed by atoms with van der Waals surface area (Å²) >= 11 is 0. The Morgan fingerprint density at radius 2 is 1.61 bits per heavy atom. The van der Waals surface area contributed by atoms with Gasteiger partial charge in [-0.3, -0.25) is 4.98 Å². The molecule has 0 spiro atoms. The first-order chi connectivity index (χ1) is 20.1. The molecule has 41 heavy (non-hydrogen) atoms. The lowest BCUT2D eigenvalue weighted by atomic mass is 9.98. The zero-order chi connectivity index (χ0) is 29.0. The summed E-state index contributed by atoms with van der Waals surface area (Å²) in [6, 6.07) is 15.9. The normalized spacial score (nSPS) is 13.6. The van der Waals surface area contributed by atoms with E-state index in [-0.39, 0.29) is 0 Å². The number of methoxy groups -OCH3 is 2. The van der Waals surface area contributed by atoms with Crippen LogP contribution in [0.2, 0.25) is 0 Å². The number of nitrogens with zero attached hydrogens (tertiary/aromatic N) is 2. The summed E-state index contributed by atoms with van der Waals surface area (Å²) in [7, 11) is 3.45. The average molecular weight is 559 g/mol. The number of benzene rings is 2. The largest absolute Gasteiger partial charge is 0.494 e. The molecule has 1 unspecified atom stereocenters. The molecule has 0 N–H and O–H groups in total. The number of anilines is 1. The molecule has 1 aliphatic rings. The minimum Gasteiger partial charge on any atom is -0.494 e. The Bertz CT molecular complexity index is 1210. The van der Waals surface area contributed by atoms with E-state index in [9.17, 15) is 0 Å². The van der Waals surface area contributed by atoms with Crippen LogP contribution in [0.5, 0.6) is 17.2 Å². The Balaban J connectivity index is 1.64. The zero-order valence-electron chi connectivity index (χ0n) is 26.0. The molecule has 1 aromatic heterocycles. The average Bonchev–Trinajstić information content (AvgIpc) is 3.85. The van der Waals surface area contributed by atoms with E-state index < -0.39 is 0 Å². The molecule has 1 fully saturated rings. The third-order valence-electron chi connectivity index (χ3n) is 8.14. The summed E-state index contributed by atoms with van der Waals surface area (Å²) < 4.78 is 17.5. The van der Waals surface area contributed by atoms with Crippen molar-refractivity contribution in [2.45, 2.75) is 103 Å². The van der Waals surface area contributed by atoms with E-state index in [0.29, 0.717) is 12.0 Å². The van der Waals surface area contributed by atoms with Gasteiger partial charge in [-0.2, -0.15) is 0 Å². The molecule has 4 rings (SSSR count). The zero-order valence-corrected chi connectivity index (χ0v) is 26.0. The third-order valence-corrected chi connectivity index (χ3v) is 8.14. The summed E-state index contributed by atoms with van der Waals surface area (Å²) in [5, 5.41) is 0. The van der Waals surface area contributed by atoms with Crippen molar-refractivity contribution in [2.75, 3.05) is 25.7 Å². The molecule has 5 nitrogen and oxygen atoms in total. The summed E-state index contributed by atoms with van der Waals surface area (Å²) in [4.78, 5) is 7.31. The molecular formula is C36H50N2O3. The first-order valence-corrected chi connectivity index (χ1v) is 15.8. The van der Waals surface area contributed by atoms with E-state index >= 15 is 0 Å². The topological polar surface area (TPSA) is 43.8 Å². The van der Waals surface area contributed by atoms with Crippen LogP contribution in [0.3, 0.4) is 0 Å². The number of ether oxygens (including phenoxy) is 3. The summed E-state index contributed by atoms with van der Waals surface area (Å²) in [6.07, 6.45) is 15.9. The lowest BCUT2D eigenvalue weighted by Crippen LogP contribution is -2.35. The van der Waals surface area contributed by atoms with Crippen LogP contribution in [-0.4, -0.2) is 31.9 Å². The van der Waals surface area contributed by atoms with Crippen molar-refractivity contribution in [1.29, 1.82) is 0 Å². The van der Waals surface area contributed by atoms with Gasteiger partial charge in [0.1, 0.15) is 5.75 Å². The molecule has 0 amide bonds. The van der Waals surface area contributed by atoms with Gasteiger partial charge in [0.05, 0.1) is 20.8 Å². The predicted molar refractivity (Wildman–Crippen MR) is 171 cm³/mol. The van der Waals surface area contributed by atoms with Gasteiger partial charge >= 0.3 is 0 Å². The Morgan fingerprint density at radius 3 is 2.27 bits per heavy atom. The fourth-order valence-electron chi connectivity index (χ4n) is 5.71. The molecule has 0 aliphatic heterocycles. The van der Waals surface area contributed by atoms with Crippen molar-refractivity contribution in [3.8, 4) is 28.4 Å². The fraction of sp³-hybridized carbons (Fsp3) is 0.528. The molecule has 1 saturated carbocycles. The van der Waals surface area contributed by atoms with Crippen LogP contribution in [0.4, 0.5) is 5.69 Å². The lowest BCUT2D eigenvalue weighted by molar-refractivity contribution is 0.309. The SMILES string of the molecule is CCCCCC(CCC)N(Cc1cncc(-c2cc(OC)c(OC)c(C3CC3)c2)c1)c1ccc(OCCCC)cc1. The highest BCUT2D eigenvalue weighted by molar-refractivity contribution is 5.70. The maximum atomic E-state index is 5.97. The Hall–Kier alpha value is -3.21. The number of rotatable bonds is 18. The second-order valence-electron chi connectivity index (χ2n) is 11.4. The van der Waals surface area contributed by atoms with Crippen LogP contribution in [-0.2, 0) is 6.54 Å². The van der Waals surface area contributed by atoms with E-state index in [4.69, 9.17) is 19.2 Å². The standard InChI is InChI=1S/C36H50N2O3/c1-6-9-11-13-31(12-8-3)38(32-16-18-33(19-17-32)41-20-10-7-2)26-27-21-30(25-37-24-27)29-22-34(28-14-15-28)36(40-5)35(23-29)39-4/h16-19,21-25,28,31H,6-15,20,26H2,1-5H3. The van der Waals surface area contributed by atoms with E-state index in [0.717, 1.165) is 54.4 Å². The number of hydrogen-bond acceptors (Lipinski definition) is 5. The van der Waals surface area contributed by atoms with Crippen LogP contribution >= 0.6 is 0 Å². The number of pyridine rings is 1. The van der Waals surface area contributed by atoms with Crippen molar-refractivity contribution in [2.24, 2.45) is 0 Å². The third kappa shape index (κ3) is 8.40. The molecule has 3 aromatic rings. The van der Waals surface area contributed by atoms with Gasteiger partial charge in [-0.15, -0.1) is 0 Å². The van der Waals surface area contributed by atoms with Crippen LogP contribution < -0.4 is 19.1 Å². The van der Waals surface area contributed by atoms with Gasteiger partial charge in [0.25, 0.3) is 0 Å². The van der Waals surface area contributed by atoms with Crippen molar-refractivity contribution in [3.05, 3.63) is 66.0 Å². The number of unbranched alkanes of at least 4 members (excludes halogenated alkanes) is 3. The molecule has 1 aliphatic carbocycles. The predicted octanol–water partition coefficient (Wildman–Crippen LogP) is 9.58. The highest BCUT2D eigenvalue weighted by atomic mass is 16.5. The van der Waals surface area contributed by atoms with E-state index in [1.54, 1.807) is 14.2 Å². The fourth-order valence-corrected chi connectivity index (χ4v) is 5.71. The molecule has 222 valence electrons. The Kier molecular flexibility index (Phi) is 11.8. The monoisotopic (exact) mass is 558 g/mol. The Morgan fingerprint density at radius 1 is 0.829 bits per heavy atom. The molecule has 0 radical (unpaired) electrons. The molecule has 1 heterocycles. The van der Waals surface area contributed by atoms with Gasteiger partial charge in [-0.25, -0.2) is 0 Å². The van der Waals surface area contributed by atoms with E-state index in [1.807, 2.05) is 12.4 Å². The van der Waals surface area contributed by atoms with Crippen molar-refractivity contribution in [1.82, 2.24) is 4.98 Å². The van der Waals surface area contributed by atoms with Crippen LogP contribution in [0.15, 0.2) is 54.9 Å². The molecule has 1 atom stereocenters. The van der Waals surface area contributed by atoms with E-state index in [2.05, 4.69) is 68.1 Å². The van der Waals surface area contributed by atoms with Gasteiger partial charge in [0.15, 0.2) is 11.5 Å². The lowest BCUT2D eigenvalue weighted by Gasteiger charge is -2.34. The van der Waals surface area contributed by atoms with Gasteiger partial charge in [-0.1, -0.05) is 52.9 Å². The quantitative estimate of drug-likeness (QED) is 0.145. The van der Waals surface area contributed by atoms with Crippen molar-refractivity contribution >= 4 is 5.69 Å². The second kappa shape index (κ2) is 15.7. The maximum Gasteiger partial charge on any atom is 0.164 e. The summed E-state index contributed by atoms with van der Waals surface area (Å²) in [5.74, 6) is 3.16. The van der Waals surface area contributed by atoms with Crippen LogP contribution in [0, 0.1) is 0 Å². The van der Waals surface area contributed by atoms with Gasteiger partial charge in [-0.05, 0) is 91.6 Å². The minimum absolute atomic E-state index is 0.476. The van der Waals surface area contributed by atoms with Crippen molar-refractivity contribution in [3.63, 3.8) is 0 Å². The molecule has 5 heteroatoms. The van der Waals surface area contributed by atoms with Gasteiger partial charge in [0.2, 0.25) is 0 Å². The number of aromatic nitrogens is 1. The van der Waals surface area contributed by atoms with Crippen LogP contribution in [0.1, 0.15) is 102 Å². The highest BCUT2D eigenvalue weighted by Crippen LogP contribution is 2.49. The molecule has 0 bridgehead atoms. The van der Waals surface area contributed by atoms with Crippen molar-refractivity contribution < 1.29 is 14.2 Å². The highest BCUT2D eigenvalue weighted by Gasteiger charge is 2.29. The van der Waals surface area contributed by atoms with Gasteiger partial charge in [0, 0.05) is 41.8 Å². The first kappa shape index (κ1) is 30.7. The maximum absolute atomic E-state index is 5.97. The smallest absolute Gasteiger partial charge is 0.164 e. The van der Waals surface area contributed by atoms with Gasteiger partial charge < -0.3 is 19.1 Å². The van der Waals surface area contributed by atoms with Crippen LogP contribution in [0.25, 0.3) is 11.1 Å². The second-order valence-corrected chi connectivity index (χ2v) is 11.4. The summed E-state index contributed by atoms with van der Waals surface area (Å²) in [5.41, 5.74) is 5.95.